The van der Waals surface area contributed by atoms with Gasteiger partial charge in [-0.3, -0.25) is 19.3 Å². The van der Waals surface area contributed by atoms with Crippen LogP contribution in [0.2, 0.25) is 5.02 Å². The second-order valence-electron chi connectivity index (χ2n) is 8.67. The standard InChI is InChI=1S/C24H30ClN5O4S/c1-2-34-23(33)17-4-3-9-30(14-17)21(31)15-28-10-12-29(13-11-28)22(32)20-16-35-24(27-20)26-19-7-5-18(25)6-8-19/h5-8,16-17H,2-4,9-15H2,1H3,(H,26,27)/t17-/m0/s1. The Bertz CT molecular complexity index is 1040. The van der Waals surface area contributed by atoms with Gasteiger partial charge in [0.2, 0.25) is 5.91 Å². The van der Waals surface area contributed by atoms with Crippen molar-refractivity contribution in [3.05, 3.63) is 40.4 Å². The zero-order valence-corrected chi connectivity index (χ0v) is 21.3. The predicted molar refractivity (Wildman–Crippen MR) is 135 cm³/mol. The van der Waals surface area contributed by atoms with Gasteiger partial charge in [-0.25, -0.2) is 4.98 Å². The van der Waals surface area contributed by atoms with Crippen LogP contribution in [0.3, 0.4) is 0 Å². The van der Waals surface area contributed by atoms with Crippen LogP contribution in [0, 0.1) is 5.92 Å². The summed E-state index contributed by atoms with van der Waals surface area (Å²) < 4.78 is 5.13. The number of nitrogens with zero attached hydrogens (tertiary/aromatic N) is 4. The highest BCUT2D eigenvalue weighted by Crippen LogP contribution is 2.23. The van der Waals surface area contributed by atoms with E-state index >= 15 is 0 Å². The normalized spacial score (nSPS) is 18.9. The molecule has 9 nitrogen and oxygen atoms in total. The summed E-state index contributed by atoms with van der Waals surface area (Å²) in [6.07, 6.45) is 1.57. The zero-order chi connectivity index (χ0) is 24.8. The minimum atomic E-state index is -0.237. The van der Waals surface area contributed by atoms with Crippen molar-refractivity contribution in [1.29, 1.82) is 0 Å². The fraction of sp³-hybridized carbons (Fsp3) is 0.500. The molecule has 0 radical (unpaired) electrons. The van der Waals surface area contributed by atoms with Crippen molar-refractivity contribution in [2.45, 2.75) is 19.8 Å². The van der Waals surface area contributed by atoms with Crippen LogP contribution in [0.15, 0.2) is 29.6 Å². The average molecular weight is 520 g/mol. The van der Waals surface area contributed by atoms with Crippen molar-refractivity contribution in [2.24, 2.45) is 5.92 Å². The Morgan fingerprint density at radius 3 is 2.57 bits per heavy atom. The van der Waals surface area contributed by atoms with Crippen LogP contribution < -0.4 is 5.32 Å². The van der Waals surface area contributed by atoms with E-state index < -0.39 is 0 Å². The molecule has 0 saturated carbocycles. The van der Waals surface area contributed by atoms with Crippen LogP contribution in [0.5, 0.6) is 0 Å². The number of piperazine rings is 1. The highest BCUT2D eigenvalue weighted by atomic mass is 35.5. The number of carbonyl (C=O) groups excluding carboxylic acids is 3. The molecular formula is C24H30ClN5O4S. The van der Waals surface area contributed by atoms with E-state index in [1.807, 2.05) is 12.1 Å². The first-order valence-corrected chi connectivity index (χ1v) is 13.1. The molecule has 1 aromatic carbocycles. The first-order valence-electron chi connectivity index (χ1n) is 11.9. The number of nitrogens with one attached hydrogen (secondary N) is 1. The molecule has 1 aromatic heterocycles. The van der Waals surface area contributed by atoms with Gasteiger partial charge in [-0.05, 0) is 44.0 Å². The highest BCUT2D eigenvalue weighted by Gasteiger charge is 2.31. The summed E-state index contributed by atoms with van der Waals surface area (Å²) in [5.41, 5.74) is 1.26. The minimum absolute atomic E-state index is 0.0243. The number of amides is 2. The van der Waals surface area contributed by atoms with E-state index in [1.54, 1.807) is 34.2 Å². The van der Waals surface area contributed by atoms with Crippen molar-refractivity contribution in [1.82, 2.24) is 19.7 Å². The maximum absolute atomic E-state index is 12.9. The van der Waals surface area contributed by atoms with Gasteiger partial charge in [0.25, 0.3) is 5.91 Å². The maximum atomic E-state index is 12.9. The molecule has 1 N–H and O–H groups in total. The van der Waals surface area contributed by atoms with Gasteiger partial charge in [0.05, 0.1) is 19.1 Å². The molecule has 2 amide bonds. The monoisotopic (exact) mass is 519 g/mol. The SMILES string of the molecule is CCOC(=O)[C@H]1CCCN(C(=O)CN2CCN(C(=O)c3csc(Nc4ccc(Cl)cc4)n3)CC2)C1. The number of carbonyl (C=O) groups is 3. The third-order valence-corrected chi connectivity index (χ3v) is 7.24. The first-order chi connectivity index (χ1) is 16.9. The summed E-state index contributed by atoms with van der Waals surface area (Å²) in [6, 6.07) is 7.29. The molecular weight excluding hydrogens is 490 g/mol. The summed E-state index contributed by atoms with van der Waals surface area (Å²) in [7, 11) is 0. The third-order valence-electron chi connectivity index (χ3n) is 6.23. The number of benzene rings is 1. The number of likely N-dealkylation sites (tertiary alicyclic amines) is 1. The summed E-state index contributed by atoms with van der Waals surface area (Å²) in [4.78, 5) is 47.9. The van der Waals surface area contributed by atoms with Gasteiger partial charge in [-0.15, -0.1) is 11.3 Å². The van der Waals surface area contributed by atoms with Gasteiger partial charge in [0.1, 0.15) is 5.69 Å². The third kappa shape index (κ3) is 6.71. The van der Waals surface area contributed by atoms with Gasteiger partial charge in [-0.1, -0.05) is 11.6 Å². The lowest BCUT2D eigenvalue weighted by Crippen LogP contribution is -2.52. The molecule has 0 unspecified atom stereocenters. The van der Waals surface area contributed by atoms with Crippen LogP contribution in [0.25, 0.3) is 0 Å². The van der Waals surface area contributed by atoms with E-state index in [0.717, 1.165) is 18.5 Å². The molecule has 11 heteroatoms. The number of hydrogen-bond donors (Lipinski definition) is 1. The molecule has 188 valence electrons. The van der Waals surface area contributed by atoms with Crippen molar-refractivity contribution < 1.29 is 19.1 Å². The Labute approximate surface area is 214 Å². The van der Waals surface area contributed by atoms with Crippen LogP contribution in [0.4, 0.5) is 10.8 Å². The number of halogens is 1. The van der Waals surface area contributed by atoms with Crippen LogP contribution in [-0.4, -0.2) is 89.9 Å². The second-order valence-corrected chi connectivity index (χ2v) is 9.96. The smallest absolute Gasteiger partial charge is 0.310 e. The number of thiazole rings is 1. The molecule has 0 spiro atoms. The Hall–Kier alpha value is -2.69. The largest absolute Gasteiger partial charge is 0.466 e. The summed E-state index contributed by atoms with van der Waals surface area (Å²) in [5.74, 6) is -0.536. The molecule has 2 fully saturated rings. The predicted octanol–water partition coefficient (Wildman–Crippen LogP) is 3.10. The Kier molecular flexibility index (Phi) is 8.59. The number of aromatic nitrogens is 1. The summed E-state index contributed by atoms with van der Waals surface area (Å²) >= 11 is 7.29. The van der Waals surface area contributed by atoms with E-state index in [4.69, 9.17) is 16.3 Å². The van der Waals surface area contributed by atoms with E-state index in [1.165, 1.54) is 11.3 Å². The number of rotatable bonds is 7. The molecule has 2 aliphatic heterocycles. The Morgan fingerprint density at radius 1 is 1.11 bits per heavy atom. The summed E-state index contributed by atoms with van der Waals surface area (Å²) in [5, 5.41) is 6.24. The maximum Gasteiger partial charge on any atom is 0.310 e. The molecule has 0 bridgehead atoms. The van der Waals surface area contributed by atoms with Gasteiger partial charge in [-0.2, -0.15) is 0 Å². The molecule has 1 atom stereocenters. The Morgan fingerprint density at radius 2 is 1.86 bits per heavy atom. The number of hydrogen-bond acceptors (Lipinski definition) is 8. The minimum Gasteiger partial charge on any atom is -0.466 e. The number of esters is 1. The lowest BCUT2D eigenvalue weighted by molar-refractivity contribution is -0.151. The Balaban J connectivity index is 1.24. The van der Waals surface area contributed by atoms with Gasteiger partial charge in [0, 0.05) is 55.4 Å². The van der Waals surface area contributed by atoms with E-state index in [-0.39, 0.29) is 23.7 Å². The van der Waals surface area contributed by atoms with Crippen molar-refractivity contribution in [2.75, 3.05) is 57.7 Å². The lowest BCUT2D eigenvalue weighted by atomic mass is 9.98. The number of piperidine rings is 1. The van der Waals surface area contributed by atoms with Gasteiger partial charge < -0.3 is 19.9 Å². The molecule has 0 aliphatic carbocycles. The van der Waals surface area contributed by atoms with Crippen molar-refractivity contribution in [3.63, 3.8) is 0 Å². The molecule has 3 heterocycles. The first kappa shape index (κ1) is 25.4. The van der Waals surface area contributed by atoms with Gasteiger partial charge in [0.15, 0.2) is 5.13 Å². The fourth-order valence-electron chi connectivity index (χ4n) is 4.30. The number of anilines is 2. The van der Waals surface area contributed by atoms with E-state index in [2.05, 4.69) is 15.2 Å². The molecule has 2 aliphatic rings. The lowest BCUT2D eigenvalue weighted by Gasteiger charge is -2.36. The molecule has 2 aromatic rings. The molecule has 4 rings (SSSR count). The highest BCUT2D eigenvalue weighted by molar-refractivity contribution is 7.14. The molecule has 35 heavy (non-hydrogen) atoms. The quantitative estimate of drug-likeness (QED) is 0.561. The fourth-order valence-corrected chi connectivity index (χ4v) is 5.14. The van der Waals surface area contributed by atoms with Gasteiger partial charge >= 0.3 is 5.97 Å². The molecule has 2 saturated heterocycles. The average Bonchev–Trinajstić information content (AvgIpc) is 3.34. The van der Waals surface area contributed by atoms with Crippen LogP contribution in [0.1, 0.15) is 30.3 Å². The van der Waals surface area contributed by atoms with Crippen LogP contribution in [-0.2, 0) is 14.3 Å². The topological polar surface area (TPSA) is 95.1 Å². The van der Waals surface area contributed by atoms with E-state index in [9.17, 15) is 14.4 Å². The van der Waals surface area contributed by atoms with Crippen LogP contribution >= 0.6 is 22.9 Å². The van der Waals surface area contributed by atoms with Crippen molar-refractivity contribution >= 4 is 51.5 Å². The van der Waals surface area contributed by atoms with E-state index in [0.29, 0.717) is 68.3 Å². The summed E-state index contributed by atoms with van der Waals surface area (Å²) in [6.45, 7) is 5.84. The zero-order valence-electron chi connectivity index (χ0n) is 19.7. The number of ether oxygens (including phenoxy) is 1. The van der Waals surface area contributed by atoms with Crippen molar-refractivity contribution in [3.8, 4) is 0 Å². The second kappa shape index (κ2) is 11.8.